The minimum atomic E-state index is -0.437. The van der Waals surface area contributed by atoms with Gasteiger partial charge in [-0.3, -0.25) is 13.8 Å². The first-order chi connectivity index (χ1) is 12.5. The number of fused-ring (bicyclic) bond motifs is 1. The van der Waals surface area contributed by atoms with Crippen molar-refractivity contribution in [1.82, 2.24) is 18.9 Å². The Kier molecular flexibility index (Phi) is 4.94. The molecule has 0 bridgehead atoms. The molecule has 3 aromatic rings. The van der Waals surface area contributed by atoms with Crippen LogP contribution in [0.25, 0.3) is 11.0 Å². The molecule has 2 heterocycles. The molecule has 0 radical (unpaired) electrons. The molecule has 0 aliphatic rings. The number of benzene rings is 1. The summed E-state index contributed by atoms with van der Waals surface area (Å²) in [6, 6.07) is 5.12. The van der Waals surface area contributed by atoms with Gasteiger partial charge in [-0.2, -0.15) is 5.10 Å². The van der Waals surface area contributed by atoms with Crippen LogP contribution in [-0.2, 0) is 29.6 Å². The molecule has 2 aromatic heterocycles. The second kappa shape index (κ2) is 7.17. The summed E-state index contributed by atoms with van der Waals surface area (Å²) in [5.74, 6) is -0.437. The summed E-state index contributed by atoms with van der Waals surface area (Å²) < 4.78 is 15.0. The van der Waals surface area contributed by atoms with Gasteiger partial charge < -0.3 is 9.47 Å². The van der Waals surface area contributed by atoms with Crippen molar-refractivity contribution in [1.29, 1.82) is 0 Å². The molecular weight excluding hydrogens is 336 g/mol. The van der Waals surface area contributed by atoms with Gasteiger partial charge in [0.1, 0.15) is 0 Å². The van der Waals surface area contributed by atoms with E-state index >= 15 is 0 Å². The fraction of sp³-hybridized carbons (Fsp3) is 0.389. The molecule has 0 saturated heterocycles. The fourth-order valence-electron chi connectivity index (χ4n) is 2.99. The van der Waals surface area contributed by atoms with Crippen molar-refractivity contribution in [3.8, 4) is 0 Å². The molecule has 0 amide bonds. The number of hydrogen-bond donors (Lipinski definition) is 0. The number of ether oxygens (including phenoxy) is 2. The zero-order chi connectivity index (χ0) is 18.8. The molecule has 0 saturated carbocycles. The van der Waals surface area contributed by atoms with Crippen LogP contribution in [0.2, 0.25) is 0 Å². The van der Waals surface area contributed by atoms with E-state index in [0.29, 0.717) is 30.8 Å². The SMILES string of the molecule is COCCn1c(=O)n(Cc2cnn(C)c2C)c2cc(C(=O)OC)ccc21. The van der Waals surface area contributed by atoms with E-state index in [1.807, 2.05) is 14.0 Å². The molecule has 0 aliphatic heterocycles. The van der Waals surface area contributed by atoms with Crippen LogP contribution in [0.15, 0.2) is 29.2 Å². The maximum Gasteiger partial charge on any atom is 0.337 e. The Labute approximate surface area is 150 Å². The second-order valence-electron chi connectivity index (χ2n) is 6.09. The molecule has 0 unspecified atom stereocenters. The van der Waals surface area contributed by atoms with E-state index in [2.05, 4.69) is 5.10 Å². The van der Waals surface area contributed by atoms with Crippen molar-refractivity contribution in [3.63, 3.8) is 0 Å². The highest BCUT2D eigenvalue weighted by Crippen LogP contribution is 2.18. The van der Waals surface area contributed by atoms with E-state index in [0.717, 1.165) is 16.8 Å². The molecule has 0 aliphatic carbocycles. The topological polar surface area (TPSA) is 80.3 Å². The van der Waals surface area contributed by atoms with E-state index in [1.54, 1.807) is 45.3 Å². The molecule has 0 spiro atoms. The average molecular weight is 358 g/mol. The number of carbonyl (C=O) groups is 1. The summed E-state index contributed by atoms with van der Waals surface area (Å²) in [5, 5.41) is 4.24. The van der Waals surface area contributed by atoms with Gasteiger partial charge in [0, 0.05) is 25.4 Å². The Morgan fingerprint density at radius 1 is 1.19 bits per heavy atom. The predicted octanol–water partition coefficient (Wildman–Crippen LogP) is 1.33. The lowest BCUT2D eigenvalue weighted by Crippen LogP contribution is -2.26. The van der Waals surface area contributed by atoms with Gasteiger partial charge in [0.2, 0.25) is 0 Å². The summed E-state index contributed by atoms with van der Waals surface area (Å²) in [5.41, 5.74) is 3.61. The number of methoxy groups -OCH3 is 2. The summed E-state index contributed by atoms with van der Waals surface area (Å²) in [6.07, 6.45) is 1.75. The third-order valence-electron chi connectivity index (χ3n) is 4.62. The van der Waals surface area contributed by atoms with Gasteiger partial charge in [-0.05, 0) is 25.1 Å². The Morgan fingerprint density at radius 2 is 1.96 bits per heavy atom. The lowest BCUT2D eigenvalue weighted by molar-refractivity contribution is 0.0601. The lowest BCUT2D eigenvalue weighted by Gasteiger charge is -2.05. The van der Waals surface area contributed by atoms with Gasteiger partial charge in [-0.25, -0.2) is 9.59 Å². The van der Waals surface area contributed by atoms with Crippen LogP contribution in [0.3, 0.4) is 0 Å². The van der Waals surface area contributed by atoms with Crippen molar-refractivity contribution in [2.45, 2.75) is 20.0 Å². The Balaban J connectivity index is 2.17. The van der Waals surface area contributed by atoms with Crippen LogP contribution in [0, 0.1) is 6.92 Å². The van der Waals surface area contributed by atoms with Gasteiger partial charge in [0.15, 0.2) is 0 Å². The molecule has 0 fully saturated rings. The summed E-state index contributed by atoms with van der Waals surface area (Å²) in [7, 11) is 4.79. The van der Waals surface area contributed by atoms with Gasteiger partial charge in [-0.15, -0.1) is 0 Å². The number of imidazole rings is 1. The third-order valence-corrected chi connectivity index (χ3v) is 4.62. The Bertz CT molecular complexity index is 1010. The van der Waals surface area contributed by atoms with Crippen LogP contribution in [0.5, 0.6) is 0 Å². The monoisotopic (exact) mass is 358 g/mol. The number of carbonyl (C=O) groups excluding carboxylic acids is 1. The van der Waals surface area contributed by atoms with E-state index < -0.39 is 5.97 Å². The molecule has 3 rings (SSSR count). The highest BCUT2D eigenvalue weighted by molar-refractivity contribution is 5.93. The normalized spacial score (nSPS) is 11.2. The van der Waals surface area contributed by atoms with E-state index in [9.17, 15) is 9.59 Å². The van der Waals surface area contributed by atoms with Gasteiger partial charge in [-0.1, -0.05) is 0 Å². The maximum atomic E-state index is 13.0. The standard InChI is InChI=1S/C18H22N4O4/c1-12-14(10-19-20(12)2)11-22-16-9-13(17(23)26-4)5-6-15(16)21(18(22)24)7-8-25-3/h5-6,9-10H,7-8,11H2,1-4H3. The van der Waals surface area contributed by atoms with E-state index in [4.69, 9.17) is 9.47 Å². The number of aromatic nitrogens is 4. The minimum absolute atomic E-state index is 0.151. The maximum absolute atomic E-state index is 13.0. The van der Waals surface area contributed by atoms with Crippen LogP contribution in [-0.4, -0.2) is 45.7 Å². The van der Waals surface area contributed by atoms with Gasteiger partial charge in [0.05, 0.1) is 49.6 Å². The average Bonchev–Trinajstić information content (AvgIpc) is 3.10. The molecule has 8 nitrogen and oxygen atoms in total. The number of nitrogens with zero attached hydrogens (tertiary/aromatic N) is 4. The lowest BCUT2D eigenvalue weighted by atomic mass is 10.2. The molecular formula is C18H22N4O4. The number of esters is 1. The predicted molar refractivity (Wildman–Crippen MR) is 96.5 cm³/mol. The highest BCUT2D eigenvalue weighted by atomic mass is 16.5. The van der Waals surface area contributed by atoms with Crippen molar-refractivity contribution < 1.29 is 14.3 Å². The zero-order valence-corrected chi connectivity index (χ0v) is 15.4. The highest BCUT2D eigenvalue weighted by Gasteiger charge is 2.17. The van der Waals surface area contributed by atoms with Crippen LogP contribution < -0.4 is 5.69 Å². The minimum Gasteiger partial charge on any atom is -0.465 e. The summed E-state index contributed by atoms with van der Waals surface area (Å²) >= 11 is 0. The van der Waals surface area contributed by atoms with Crippen LogP contribution in [0.1, 0.15) is 21.6 Å². The van der Waals surface area contributed by atoms with Crippen LogP contribution >= 0.6 is 0 Å². The Morgan fingerprint density at radius 3 is 2.58 bits per heavy atom. The molecule has 0 atom stereocenters. The van der Waals surface area contributed by atoms with Gasteiger partial charge in [0.25, 0.3) is 0 Å². The summed E-state index contributed by atoms with van der Waals surface area (Å²) in [6.45, 7) is 3.18. The first kappa shape index (κ1) is 17.9. The summed E-state index contributed by atoms with van der Waals surface area (Å²) in [4.78, 5) is 24.9. The Hall–Kier alpha value is -2.87. The molecule has 1 aromatic carbocycles. The third kappa shape index (κ3) is 3.03. The van der Waals surface area contributed by atoms with Crippen molar-refractivity contribution in [2.75, 3.05) is 20.8 Å². The zero-order valence-electron chi connectivity index (χ0n) is 15.4. The number of rotatable bonds is 6. The number of aryl methyl sites for hydroxylation is 1. The van der Waals surface area contributed by atoms with E-state index in [1.165, 1.54) is 7.11 Å². The molecule has 0 N–H and O–H groups in total. The fourth-order valence-corrected chi connectivity index (χ4v) is 2.99. The molecule has 8 heteroatoms. The molecule has 26 heavy (non-hydrogen) atoms. The molecule has 138 valence electrons. The van der Waals surface area contributed by atoms with Crippen molar-refractivity contribution >= 4 is 17.0 Å². The largest absolute Gasteiger partial charge is 0.465 e. The van der Waals surface area contributed by atoms with E-state index in [-0.39, 0.29) is 5.69 Å². The van der Waals surface area contributed by atoms with Crippen molar-refractivity contribution in [3.05, 3.63) is 51.7 Å². The smallest absolute Gasteiger partial charge is 0.337 e. The van der Waals surface area contributed by atoms with Crippen LogP contribution in [0.4, 0.5) is 0 Å². The quantitative estimate of drug-likeness (QED) is 0.621. The number of hydrogen-bond acceptors (Lipinski definition) is 5. The second-order valence-corrected chi connectivity index (χ2v) is 6.09. The first-order valence-electron chi connectivity index (χ1n) is 8.25. The van der Waals surface area contributed by atoms with Gasteiger partial charge >= 0.3 is 11.7 Å². The van der Waals surface area contributed by atoms with Crippen molar-refractivity contribution in [2.24, 2.45) is 7.05 Å². The first-order valence-corrected chi connectivity index (χ1v) is 8.25.